The average Bonchev–Trinajstić information content (AvgIpc) is 2.84. The van der Waals surface area contributed by atoms with Crippen LogP contribution in [0, 0.1) is 13.8 Å². The number of halogens is 2. The number of carbonyl (C=O) groups is 1. The highest BCUT2D eigenvalue weighted by Gasteiger charge is 2.30. The van der Waals surface area contributed by atoms with Crippen molar-refractivity contribution in [2.24, 2.45) is 0 Å². The number of rotatable bonds is 6. The highest BCUT2D eigenvalue weighted by atomic mass is 35.5. The van der Waals surface area contributed by atoms with Crippen molar-refractivity contribution in [2.45, 2.75) is 18.7 Å². The van der Waals surface area contributed by atoms with Crippen molar-refractivity contribution >= 4 is 50.5 Å². The van der Waals surface area contributed by atoms with Gasteiger partial charge >= 0.3 is 0 Å². The van der Waals surface area contributed by atoms with Gasteiger partial charge in [0, 0.05) is 41.9 Å². The summed E-state index contributed by atoms with van der Waals surface area (Å²) in [7, 11) is -3.98. The number of amides is 1. The monoisotopic (exact) mass is 531 g/mol. The normalized spacial score (nSPS) is 14.2. The molecule has 1 fully saturated rings. The number of hydrogen-bond donors (Lipinski definition) is 0. The van der Waals surface area contributed by atoms with Crippen molar-refractivity contribution < 1.29 is 13.2 Å². The van der Waals surface area contributed by atoms with E-state index in [2.05, 4.69) is 4.90 Å². The second kappa shape index (κ2) is 10.5. The van der Waals surface area contributed by atoms with E-state index in [1.54, 1.807) is 53.4 Å². The fourth-order valence-electron chi connectivity index (χ4n) is 4.13. The minimum atomic E-state index is -3.98. The third kappa shape index (κ3) is 5.74. The summed E-state index contributed by atoms with van der Waals surface area (Å²) in [4.78, 5) is 17.3. The lowest BCUT2D eigenvalue weighted by atomic mass is 10.1. The SMILES string of the molecule is Cc1ccc(S(=O)(=O)N(CC(=O)N2CCN(c3cc(Cl)ccc3C)CC2)c2cccc(Cl)c2)cc1. The number of anilines is 2. The number of carbonyl (C=O) groups excluding carboxylic acids is 1. The Morgan fingerprint density at radius 2 is 1.54 bits per heavy atom. The first kappa shape index (κ1) is 25.4. The smallest absolute Gasteiger partial charge is 0.264 e. The maximum Gasteiger partial charge on any atom is 0.264 e. The predicted octanol–water partition coefficient (Wildman–Crippen LogP) is 5.15. The van der Waals surface area contributed by atoms with Gasteiger partial charge in [-0.2, -0.15) is 0 Å². The van der Waals surface area contributed by atoms with Crippen LogP contribution in [0.25, 0.3) is 0 Å². The second-order valence-electron chi connectivity index (χ2n) is 8.60. The minimum Gasteiger partial charge on any atom is -0.368 e. The van der Waals surface area contributed by atoms with E-state index in [-0.39, 0.29) is 17.3 Å². The highest BCUT2D eigenvalue weighted by Crippen LogP contribution is 2.28. The van der Waals surface area contributed by atoms with E-state index in [9.17, 15) is 13.2 Å². The van der Waals surface area contributed by atoms with E-state index in [4.69, 9.17) is 23.2 Å². The molecule has 0 unspecified atom stereocenters. The van der Waals surface area contributed by atoms with Gasteiger partial charge in [0.2, 0.25) is 5.91 Å². The topological polar surface area (TPSA) is 60.9 Å². The molecular formula is C26H27Cl2N3O3S. The van der Waals surface area contributed by atoms with Gasteiger partial charge in [0.15, 0.2) is 0 Å². The summed E-state index contributed by atoms with van der Waals surface area (Å²) in [5, 5.41) is 1.06. The lowest BCUT2D eigenvalue weighted by molar-refractivity contribution is -0.129. The fraction of sp³-hybridized carbons (Fsp3) is 0.269. The molecule has 0 aromatic heterocycles. The zero-order valence-corrected chi connectivity index (χ0v) is 21.9. The molecule has 3 aromatic carbocycles. The van der Waals surface area contributed by atoms with Crippen LogP contribution >= 0.6 is 23.2 Å². The maximum absolute atomic E-state index is 13.6. The number of nitrogens with zero attached hydrogens (tertiary/aromatic N) is 3. The van der Waals surface area contributed by atoms with Gasteiger partial charge in [0.1, 0.15) is 6.54 Å². The molecule has 1 aliphatic heterocycles. The zero-order valence-electron chi connectivity index (χ0n) is 19.6. The summed E-state index contributed by atoms with van der Waals surface area (Å²) in [5.74, 6) is -0.261. The summed E-state index contributed by atoms with van der Waals surface area (Å²) in [6, 6.07) is 18.9. The average molecular weight is 532 g/mol. The fourth-order valence-corrected chi connectivity index (χ4v) is 5.88. The van der Waals surface area contributed by atoms with E-state index in [1.165, 1.54) is 0 Å². The Morgan fingerprint density at radius 1 is 0.886 bits per heavy atom. The van der Waals surface area contributed by atoms with Crippen molar-refractivity contribution in [1.29, 1.82) is 0 Å². The predicted molar refractivity (Wildman–Crippen MR) is 142 cm³/mol. The van der Waals surface area contributed by atoms with E-state index in [0.717, 1.165) is 21.1 Å². The third-order valence-corrected chi connectivity index (χ3v) is 8.39. The van der Waals surface area contributed by atoms with Crippen molar-refractivity contribution in [3.05, 3.63) is 87.9 Å². The van der Waals surface area contributed by atoms with Gasteiger partial charge in [-0.3, -0.25) is 9.10 Å². The zero-order chi connectivity index (χ0) is 25.2. The molecule has 0 N–H and O–H groups in total. The van der Waals surface area contributed by atoms with Crippen LogP contribution in [0.3, 0.4) is 0 Å². The standard InChI is InChI=1S/C26H27Cl2N3O3S/c1-19-6-10-24(11-7-19)35(33,34)31(23-5-3-4-21(27)16-23)18-26(32)30-14-12-29(13-15-30)25-17-22(28)9-8-20(25)2/h3-11,16-17H,12-15,18H2,1-2H3. The van der Waals surface area contributed by atoms with Crippen molar-refractivity contribution in [2.75, 3.05) is 41.9 Å². The van der Waals surface area contributed by atoms with Gasteiger partial charge in [-0.1, -0.05) is 53.0 Å². The number of sulfonamides is 1. The Bertz CT molecular complexity index is 1320. The number of aryl methyl sites for hydroxylation is 2. The maximum atomic E-state index is 13.6. The molecule has 9 heteroatoms. The molecule has 1 aliphatic rings. The summed E-state index contributed by atoms with van der Waals surface area (Å²) in [6.45, 7) is 5.84. The first-order valence-electron chi connectivity index (χ1n) is 11.3. The Morgan fingerprint density at radius 3 is 2.20 bits per heavy atom. The summed E-state index contributed by atoms with van der Waals surface area (Å²) in [6.07, 6.45) is 0. The quantitative estimate of drug-likeness (QED) is 0.441. The molecule has 0 saturated carbocycles. The lowest BCUT2D eigenvalue weighted by Crippen LogP contribution is -2.52. The summed E-state index contributed by atoms with van der Waals surface area (Å²) in [5.41, 5.74) is 3.46. The van der Waals surface area contributed by atoms with E-state index >= 15 is 0 Å². The molecule has 4 rings (SSSR count). The van der Waals surface area contributed by atoms with Gasteiger partial charge in [0.05, 0.1) is 10.6 Å². The van der Waals surface area contributed by atoms with E-state index in [1.807, 2.05) is 32.0 Å². The molecular weight excluding hydrogens is 505 g/mol. The van der Waals surface area contributed by atoms with Crippen LogP contribution in [0.5, 0.6) is 0 Å². The first-order valence-corrected chi connectivity index (χ1v) is 13.5. The third-order valence-electron chi connectivity index (χ3n) is 6.13. The van der Waals surface area contributed by atoms with Crippen molar-refractivity contribution in [3.8, 4) is 0 Å². The molecule has 1 saturated heterocycles. The van der Waals surface area contributed by atoms with Crippen molar-refractivity contribution in [1.82, 2.24) is 4.90 Å². The Hall–Kier alpha value is -2.74. The van der Waals surface area contributed by atoms with Crippen LogP contribution in [0.1, 0.15) is 11.1 Å². The Balaban J connectivity index is 1.54. The number of benzene rings is 3. The molecule has 3 aromatic rings. The molecule has 6 nitrogen and oxygen atoms in total. The van der Waals surface area contributed by atoms with Crippen LogP contribution < -0.4 is 9.21 Å². The molecule has 0 spiro atoms. The van der Waals surface area contributed by atoms with Gasteiger partial charge in [0.25, 0.3) is 10.0 Å². The summed E-state index contributed by atoms with van der Waals surface area (Å²) < 4.78 is 28.3. The van der Waals surface area contributed by atoms with Crippen LogP contribution in [0.2, 0.25) is 10.0 Å². The van der Waals surface area contributed by atoms with Crippen molar-refractivity contribution in [3.63, 3.8) is 0 Å². The largest absolute Gasteiger partial charge is 0.368 e. The van der Waals surface area contributed by atoms with Crippen LogP contribution in [0.15, 0.2) is 71.6 Å². The van der Waals surface area contributed by atoms with E-state index < -0.39 is 10.0 Å². The van der Waals surface area contributed by atoms with E-state index in [0.29, 0.717) is 41.9 Å². The van der Waals surface area contributed by atoms with Crippen LogP contribution in [-0.4, -0.2) is 51.9 Å². The Labute approximate surface area is 216 Å². The molecule has 0 radical (unpaired) electrons. The van der Waals surface area contributed by atoms with Gasteiger partial charge in [-0.05, 0) is 61.9 Å². The first-order chi connectivity index (χ1) is 16.6. The Kier molecular flexibility index (Phi) is 7.59. The van der Waals surface area contributed by atoms with Crippen LogP contribution in [0.4, 0.5) is 11.4 Å². The molecule has 35 heavy (non-hydrogen) atoms. The minimum absolute atomic E-state index is 0.122. The highest BCUT2D eigenvalue weighted by molar-refractivity contribution is 7.92. The van der Waals surface area contributed by atoms with Crippen LogP contribution in [-0.2, 0) is 14.8 Å². The van der Waals surface area contributed by atoms with Gasteiger partial charge < -0.3 is 9.80 Å². The second-order valence-corrected chi connectivity index (χ2v) is 11.3. The van der Waals surface area contributed by atoms with Gasteiger partial charge in [-0.15, -0.1) is 0 Å². The molecule has 0 aliphatic carbocycles. The number of hydrogen-bond acceptors (Lipinski definition) is 4. The molecule has 0 bridgehead atoms. The lowest BCUT2D eigenvalue weighted by Gasteiger charge is -2.37. The molecule has 0 atom stereocenters. The molecule has 1 amide bonds. The number of piperazine rings is 1. The molecule has 184 valence electrons. The molecule has 1 heterocycles. The van der Waals surface area contributed by atoms with Gasteiger partial charge in [-0.25, -0.2) is 8.42 Å². The summed E-state index contributed by atoms with van der Waals surface area (Å²) >= 11 is 12.3.